The Labute approximate surface area is 102 Å². The molecule has 0 bridgehead atoms. The minimum atomic E-state index is -3.47. The van der Waals surface area contributed by atoms with Crippen LogP contribution in [0.4, 0.5) is 10.1 Å². The molecule has 1 aromatic carbocycles. The zero-order valence-corrected chi connectivity index (χ0v) is 11.6. The molecule has 5 heteroatoms. The minimum Gasteiger partial charge on any atom is -0.270 e. The van der Waals surface area contributed by atoms with Crippen LogP contribution in [0.15, 0.2) is 18.2 Å². The van der Waals surface area contributed by atoms with E-state index in [2.05, 4.69) is 0 Å². The first kappa shape index (κ1) is 14.0. The Hall–Kier alpha value is -1.10. The lowest BCUT2D eigenvalue weighted by Crippen LogP contribution is -2.29. The first-order valence-electron chi connectivity index (χ1n) is 5.28. The zero-order valence-electron chi connectivity index (χ0n) is 10.8. The van der Waals surface area contributed by atoms with Crippen LogP contribution in [0.2, 0.25) is 0 Å². The van der Waals surface area contributed by atoms with Gasteiger partial charge in [-0.3, -0.25) is 4.31 Å². The smallest absolute Gasteiger partial charge is 0.232 e. The van der Waals surface area contributed by atoms with Gasteiger partial charge in [-0.15, -0.1) is 0 Å². The maximum Gasteiger partial charge on any atom is 0.232 e. The van der Waals surface area contributed by atoms with E-state index in [1.54, 1.807) is 12.1 Å². The predicted molar refractivity (Wildman–Crippen MR) is 68.3 cm³/mol. The number of nitrogens with zero attached hydrogens (tertiary/aromatic N) is 1. The van der Waals surface area contributed by atoms with Crippen molar-refractivity contribution >= 4 is 15.7 Å². The van der Waals surface area contributed by atoms with Crippen molar-refractivity contribution in [1.29, 1.82) is 0 Å². The van der Waals surface area contributed by atoms with Gasteiger partial charge < -0.3 is 0 Å². The molecule has 0 aromatic heterocycles. The fourth-order valence-electron chi connectivity index (χ4n) is 1.61. The summed E-state index contributed by atoms with van der Waals surface area (Å²) in [6, 6.07) is 4.61. The second kappa shape index (κ2) is 4.29. The van der Waals surface area contributed by atoms with Crippen molar-refractivity contribution in [2.24, 2.45) is 0 Å². The second-order valence-electron chi connectivity index (χ2n) is 5.12. The lowest BCUT2D eigenvalue weighted by Gasteiger charge is -2.27. The molecular weight excluding hydrogens is 241 g/mol. The Balaban J connectivity index is 3.52. The quantitative estimate of drug-likeness (QED) is 0.818. The van der Waals surface area contributed by atoms with E-state index in [-0.39, 0.29) is 11.1 Å². The average Bonchev–Trinajstić information content (AvgIpc) is 2.13. The molecule has 1 aromatic rings. The van der Waals surface area contributed by atoms with Crippen molar-refractivity contribution in [3.8, 4) is 0 Å². The van der Waals surface area contributed by atoms with Crippen LogP contribution in [-0.2, 0) is 15.4 Å². The summed E-state index contributed by atoms with van der Waals surface area (Å²) in [6.07, 6.45) is 1.06. The summed E-state index contributed by atoms with van der Waals surface area (Å²) in [7, 11) is -2.10. The van der Waals surface area contributed by atoms with Gasteiger partial charge in [-0.05, 0) is 17.0 Å². The molecule has 0 spiro atoms. The summed E-state index contributed by atoms with van der Waals surface area (Å²) in [4.78, 5) is 0. The molecule has 0 amide bonds. The highest BCUT2D eigenvalue weighted by atomic mass is 32.2. The highest BCUT2D eigenvalue weighted by Crippen LogP contribution is 2.34. The molecule has 17 heavy (non-hydrogen) atoms. The van der Waals surface area contributed by atoms with E-state index in [0.717, 1.165) is 10.6 Å². The first-order chi connectivity index (χ1) is 7.55. The maximum absolute atomic E-state index is 13.9. The van der Waals surface area contributed by atoms with Gasteiger partial charge in [0.05, 0.1) is 11.9 Å². The van der Waals surface area contributed by atoms with Crippen molar-refractivity contribution in [3.63, 3.8) is 0 Å². The Morgan fingerprint density at radius 2 is 1.76 bits per heavy atom. The molecule has 1 rings (SSSR count). The fraction of sp³-hybridized carbons (Fsp3) is 0.500. The van der Waals surface area contributed by atoms with Gasteiger partial charge in [0.2, 0.25) is 10.0 Å². The number of para-hydroxylation sites is 1. The molecular formula is C12H18FNO2S. The molecule has 3 nitrogen and oxygen atoms in total. The number of benzene rings is 1. The van der Waals surface area contributed by atoms with Gasteiger partial charge in [-0.1, -0.05) is 32.9 Å². The second-order valence-corrected chi connectivity index (χ2v) is 7.13. The standard InChI is InChI=1S/C12H18FNO2S/c1-12(2,3)9-7-6-8-10(13)11(9)14(4)17(5,15)16/h6-8H,1-5H3. The molecule has 0 aliphatic rings. The van der Waals surface area contributed by atoms with Crippen LogP contribution in [0.25, 0.3) is 0 Å². The van der Waals surface area contributed by atoms with E-state index in [1.807, 2.05) is 20.8 Å². The van der Waals surface area contributed by atoms with Gasteiger partial charge in [0, 0.05) is 7.05 Å². The van der Waals surface area contributed by atoms with Crippen molar-refractivity contribution in [2.75, 3.05) is 17.6 Å². The largest absolute Gasteiger partial charge is 0.270 e. The van der Waals surface area contributed by atoms with Gasteiger partial charge in [0.15, 0.2) is 0 Å². The van der Waals surface area contributed by atoms with Crippen LogP contribution in [0.1, 0.15) is 26.3 Å². The summed E-state index contributed by atoms with van der Waals surface area (Å²) in [5, 5.41) is 0. The van der Waals surface area contributed by atoms with Gasteiger partial charge in [0.25, 0.3) is 0 Å². The topological polar surface area (TPSA) is 37.4 Å². The summed E-state index contributed by atoms with van der Waals surface area (Å²) >= 11 is 0. The normalized spacial score (nSPS) is 12.6. The Morgan fingerprint density at radius 1 is 1.24 bits per heavy atom. The summed E-state index contributed by atoms with van der Waals surface area (Å²) in [5.41, 5.74) is 0.476. The minimum absolute atomic E-state index is 0.127. The van der Waals surface area contributed by atoms with E-state index in [9.17, 15) is 12.8 Å². The van der Waals surface area contributed by atoms with Crippen LogP contribution < -0.4 is 4.31 Å². The maximum atomic E-state index is 13.9. The third-order valence-electron chi connectivity index (χ3n) is 2.61. The number of hydrogen-bond acceptors (Lipinski definition) is 2. The average molecular weight is 259 g/mol. The third-order valence-corrected chi connectivity index (χ3v) is 3.78. The number of hydrogen-bond donors (Lipinski definition) is 0. The molecule has 0 saturated carbocycles. The van der Waals surface area contributed by atoms with Crippen molar-refractivity contribution in [3.05, 3.63) is 29.6 Å². The van der Waals surface area contributed by atoms with Gasteiger partial charge >= 0.3 is 0 Å². The van der Waals surface area contributed by atoms with Crippen LogP contribution in [0.5, 0.6) is 0 Å². The Morgan fingerprint density at radius 3 is 2.18 bits per heavy atom. The van der Waals surface area contributed by atoms with Gasteiger partial charge in [-0.2, -0.15) is 0 Å². The molecule has 0 radical (unpaired) electrons. The van der Waals surface area contributed by atoms with Gasteiger partial charge in [0.1, 0.15) is 5.82 Å². The monoisotopic (exact) mass is 259 g/mol. The van der Waals surface area contributed by atoms with Crippen molar-refractivity contribution in [2.45, 2.75) is 26.2 Å². The Kier molecular flexibility index (Phi) is 3.52. The fourth-order valence-corrected chi connectivity index (χ4v) is 2.12. The van der Waals surface area contributed by atoms with E-state index in [1.165, 1.54) is 13.1 Å². The molecule has 96 valence electrons. The highest BCUT2D eigenvalue weighted by molar-refractivity contribution is 7.92. The van der Waals surface area contributed by atoms with E-state index in [4.69, 9.17) is 0 Å². The summed E-state index contributed by atoms with van der Waals surface area (Å²) in [5.74, 6) is -0.523. The van der Waals surface area contributed by atoms with Gasteiger partial charge in [-0.25, -0.2) is 12.8 Å². The molecule has 0 saturated heterocycles. The molecule has 0 unspecified atom stereocenters. The number of sulfonamides is 1. The lowest BCUT2D eigenvalue weighted by molar-refractivity contribution is 0.569. The SMILES string of the molecule is CN(c1c(F)cccc1C(C)(C)C)S(C)(=O)=O. The van der Waals surface area contributed by atoms with Crippen molar-refractivity contribution < 1.29 is 12.8 Å². The predicted octanol–water partition coefficient (Wildman–Crippen LogP) is 2.52. The number of rotatable bonds is 2. The summed E-state index contributed by atoms with van der Waals surface area (Å²) < 4.78 is 37.9. The Bertz CT molecular complexity index is 518. The highest BCUT2D eigenvalue weighted by Gasteiger charge is 2.26. The van der Waals surface area contributed by atoms with E-state index in [0.29, 0.717) is 5.56 Å². The lowest BCUT2D eigenvalue weighted by atomic mass is 9.85. The number of halogens is 1. The zero-order chi connectivity index (χ0) is 13.4. The van der Waals surface area contributed by atoms with Crippen LogP contribution in [0.3, 0.4) is 0 Å². The molecule has 0 N–H and O–H groups in total. The molecule has 0 aliphatic heterocycles. The van der Waals surface area contributed by atoms with Crippen LogP contribution >= 0.6 is 0 Å². The van der Waals surface area contributed by atoms with E-state index >= 15 is 0 Å². The molecule has 0 atom stereocenters. The van der Waals surface area contributed by atoms with Crippen LogP contribution in [-0.4, -0.2) is 21.7 Å². The molecule has 0 heterocycles. The first-order valence-corrected chi connectivity index (χ1v) is 7.13. The number of anilines is 1. The third kappa shape index (κ3) is 2.97. The molecule has 0 fully saturated rings. The van der Waals surface area contributed by atoms with E-state index < -0.39 is 15.8 Å². The molecule has 0 aliphatic carbocycles. The summed E-state index contributed by atoms with van der Waals surface area (Å²) in [6.45, 7) is 5.75. The van der Waals surface area contributed by atoms with Crippen molar-refractivity contribution in [1.82, 2.24) is 0 Å². The van der Waals surface area contributed by atoms with Crippen LogP contribution in [0, 0.1) is 5.82 Å².